The summed E-state index contributed by atoms with van der Waals surface area (Å²) in [6.45, 7) is 11.0. The van der Waals surface area contributed by atoms with Gasteiger partial charge >= 0.3 is 0 Å². The molecular formula is C15H26N2. The van der Waals surface area contributed by atoms with Crippen molar-refractivity contribution >= 4 is 0 Å². The van der Waals surface area contributed by atoms with Crippen molar-refractivity contribution in [2.75, 3.05) is 26.7 Å². The third kappa shape index (κ3) is 5.85. The molecule has 0 radical (unpaired) electrons. The van der Waals surface area contributed by atoms with Crippen molar-refractivity contribution in [2.24, 2.45) is 5.92 Å². The third-order valence-electron chi connectivity index (χ3n) is 2.92. The zero-order chi connectivity index (χ0) is 12.7. The zero-order valence-corrected chi connectivity index (χ0v) is 11.7. The molecule has 0 bridgehead atoms. The first-order chi connectivity index (χ1) is 8.09. The summed E-state index contributed by atoms with van der Waals surface area (Å²) in [5, 5.41) is 3.47. The average Bonchev–Trinajstić information content (AvgIpc) is 2.27. The fourth-order valence-corrected chi connectivity index (χ4v) is 1.82. The number of hydrogen-bond acceptors (Lipinski definition) is 2. The molecule has 0 fully saturated rings. The molecule has 0 aliphatic heterocycles. The van der Waals surface area contributed by atoms with Gasteiger partial charge in [0.1, 0.15) is 0 Å². The highest BCUT2D eigenvalue weighted by Crippen LogP contribution is 2.08. The van der Waals surface area contributed by atoms with Gasteiger partial charge in [0.25, 0.3) is 0 Å². The molecule has 1 N–H and O–H groups in total. The van der Waals surface area contributed by atoms with Crippen LogP contribution >= 0.6 is 0 Å². The van der Waals surface area contributed by atoms with Gasteiger partial charge in [-0.05, 0) is 37.6 Å². The van der Waals surface area contributed by atoms with E-state index in [1.54, 1.807) is 0 Å². The summed E-state index contributed by atoms with van der Waals surface area (Å²) in [4.78, 5) is 2.37. The molecule has 0 atom stereocenters. The SMILES string of the molecule is Cc1ccccc1CN(C)CCNCC(C)C. The average molecular weight is 234 g/mol. The molecule has 2 heteroatoms. The van der Waals surface area contributed by atoms with Crippen LogP contribution in [0.3, 0.4) is 0 Å². The minimum absolute atomic E-state index is 0.733. The Kier molecular flexibility index (Phi) is 6.23. The van der Waals surface area contributed by atoms with Gasteiger partial charge in [-0.15, -0.1) is 0 Å². The Morgan fingerprint density at radius 2 is 1.94 bits per heavy atom. The van der Waals surface area contributed by atoms with Crippen LogP contribution in [-0.4, -0.2) is 31.6 Å². The minimum atomic E-state index is 0.733. The van der Waals surface area contributed by atoms with Gasteiger partial charge in [0.2, 0.25) is 0 Å². The number of aryl methyl sites for hydroxylation is 1. The lowest BCUT2D eigenvalue weighted by atomic mass is 10.1. The first kappa shape index (κ1) is 14.2. The molecule has 17 heavy (non-hydrogen) atoms. The van der Waals surface area contributed by atoms with E-state index >= 15 is 0 Å². The molecule has 0 amide bonds. The lowest BCUT2D eigenvalue weighted by Crippen LogP contribution is -2.31. The van der Waals surface area contributed by atoms with Crippen LogP contribution in [0.5, 0.6) is 0 Å². The highest BCUT2D eigenvalue weighted by Gasteiger charge is 2.02. The van der Waals surface area contributed by atoms with E-state index in [2.05, 4.69) is 62.3 Å². The van der Waals surface area contributed by atoms with Crippen LogP contribution in [0.1, 0.15) is 25.0 Å². The molecule has 0 aromatic heterocycles. The summed E-state index contributed by atoms with van der Waals surface area (Å²) < 4.78 is 0. The van der Waals surface area contributed by atoms with E-state index in [1.165, 1.54) is 11.1 Å². The lowest BCUT2D eigenvalue weighted by molar-refractivity contribution is 0.321. The van der Waals surface area contributed by atoms with Gasteiger partial charge in [-0.3, -0.25) is 0 Å². The first-order valence-corrected chi connectivity index (χ1v) is 6.53. The maximum absolute atomic E-state index is 3.47. The molecule has 0 heterocycles. The van der Waals surface area contributed by atoms with Crippen LogP contribution in [0, 0.1) is 12.8 Å². The van der Waals surface area contributed by atoms with Crippen LogP contribution in [0.2, 0.25) is 0 Å². The lowest BCUT2D eigenvalue weighted by Gasteiger charge is -2.18. The zero-order valence-electron chi connectivity index (χ0n) is 11.7. The maximum Gasteiger partial charge on any atom is 0.0233 e. The second-order valence-electron chi connectivity index (χ2n) is 5.26. The first-order valence-electron chi connectivity index (χ1n) is 6.53. The quantitative estimate of drug-likeness (QED) is 0.730. The monoisotopic (exact) mass is 234 g/mol. The smallest absolute Gasteiger partial charge is 0.0233 e. The maximum atomic E-state index is 3.47. The molecular weight excluding hydrogens is 208 g/mol. The fourth-order valence-electron chi connectivity index (χ4n) is 1.82. The van der Waals surface area contributed by atoms with E-state index in [4.69, 9.17) is 0 Å². The Morgan fingerprint density at radius 3 is 2.59 bits per heavy atom. The van der Waals surface area contributed by atoms with Crippen LogP contribution < -0.4 is 5.32 Å². The van der Waals surface area contributed by atoms with E-state index in [9.17, 15) is 0 Å². The van der Waals surface area contributed by atoms with Crippen LogP contribution in [0.15, 0.2) is 24.3 Å². The normalized spacial score (nSPS) is 11.4. The van der Waals surface area contributed by atoms with Crippen molar-refractivity contribution in [1.29, 1.82) is 0 Å². The van der Waals surface area contributed by atoms with Gasteiger partial charge in [-0.2, -0.15) is 0 Å². The van der Waals surface area contributed by atoms with Crippen molar-refractivity contribution in [1.82, 2.24) is 10.2 Å². The number of hydrogen-bond donors (Lipinski definition) is 1. The van der Waals surface area contributed by atoms with E-state index in [0.29, 0.717) is 0 Å². The topological polar surface area (TPSA) is 15.3 Å². The molecule has 0 aliphatic rings. The number of rotatable bonds is 7. The number of nitrogens with one attached hydrogen (secondary N) is 1. The molecule has 2 nitrogen and oxygen atoms in total. The minimum Gasteiger partial charge on any atom is -0.315 e. The Labute approximate surface area is 106 Å². The second-order valence-corrected chi connectivity index (χ2v) is 5.26. The summed E-state index contributed by atoms with van der Waals surface area (Å²) in [7, 11) is 2.18. The summed E-state index contributed by atoms with van der Waals surface area (Å²) in [6.07, 6.45) is 0. The van der Waals surface area contributed by atoms with Gasteiger partial charge < -0.3 is 10.2 Å². The predicted octanol–water partition coefficient (Wildman–Crippen LogP) is 2.67. The van der Waals surface area contributed by atoms with Gasteiger partial charge in [0.15, 0.2) is 0 Å². The van der Waals surface area contributed by atoms with E-state index < -0.39 is 0 Å². The number of nitrogens with zero attached hydrogens (tertiary/aromatic N) is 1. The standard InChI is InChI=1S/C15H26N2/c1-13(2)11-16-9-10-17(4)12-15-8-6-5-7-14(15)3/h5-8,13,16H,9-12H2,1-4H3. The molecule has 1 aromatic carbocycles. The summed E-state index contributed by atoms with van der Waals surface area (Å²) in [6, 6.07) is 8.61. The predicted molar refractivity (Wildman–Crippen MR) is 75.2 cm³/mol. The molecule has 0 unspecified atom stereocenters. The molecule has 0 saturated heterocycles. The summed E-state index contributed by atoms with van der Waals surface area (Å²) >= 11 is 0. The van der Waals surface area contributed by atoms with Crippen molar-refractivity contribution in [3.63, 3.8) is 0 Å². The fraction of sp³-hybridized carbons (Fsp3) is 0.600. The number of benzene rings is 1. The molecule has 0 aliphatic carbocycles. The molecule has 96 valence electrons. The Balaban J connectivity index is 2.25. The van der Waals surface area contributed by atoms with Crippen molar-refractivity contribution in [3.05, 3.63) is 35.4 Å². The van der Waals surface area contributed by atoms with Crippen molar-refractivity contribution in [3.8, 4) is 0 Å². The van der Waals surface area contributed by atoms with Gasteiger partial charge in [0.05, 0.1) is 0 Å². The Morgan fingerprint density at radius 1 is 1.24 bits per heavy atom. The van der Waals surface area contributed by atoms with Crippen LogP contribution in [-0.2, 0) is 6.54 Å². The van der Waals surface area contributed by atoms with E-state index in [1.807, 2.05) is 0 Å². The third-order valence-corrected chi connectivity index (χ3v) is 2.92. The van der Waals surface area contributed by atoms with Crippen LogP contribution in [0.25, 0.3) is 0 Å². The molecule has 1 aromatic rings. The van der Waals surface area contributed by atoms with Gasteiger partial charge in [-0.25, -0.2) is 0 Å². The van der Waals surface area contributed by atoms with Crippen LogP contribution in [0.4, 0.5) is 0 Å². The molecule has 1 rings (SSSR count). The summed E-state index contributed by atoms with van der Waals surface area (Å²) in [5.41, 5.74) is 2.81. The molecule has 0 saturated carbocycles. The highest BCUT2D eigenvalue weighted by molar-refractivity contribution is 5.25. The van der Waals surface area contributed by atoms with Gasteiger partial charge in [-0.1, -0.05) is 38.1 Å². The largest absolute Gasteiger partial charge is 0.315 e. The van der Waals surface area contributed by atoms with E-state index in [0.717, 1.165) is 32.1 Å². The van der Waals surface area contributed by atoms with Crippen molar-refractivity contribution < 1.29 is 0 Å². The molecule has 0 spiro atoms. The van der Waals surface area contributed by atoms with Crippen molar-refractivity contribution in [2.45, 2.75) is 27.3 Å². The second kappa shape index (κ2) is 7.46. The Bertz CT molecular complexity index is 320. The Hall–Kier alpha value is -0.860. The summed E-state index contributed by atoms with van der Waals surface area (Å²) in [5.74, 6) is 0.733. The highest BCUT2D eigenvalue weighted by atomic mass is 15.1. The van der Waals surface area contributed by atoms with Gasteiger partial charge in [0, 0.05) is 19.6 Å². The van der Waals surface area contributed by atoms with E-state index in [-0.39, 0.29) is 0 Å². The number of likely N-dealkylation sites (N-methyl/N-ethyl adjacent to an activating group) is 1.